The molecule has 1 atom stereocenters. The first-order valence-corrected chi connectivity index (χ1v) is 6.15. The van der Waals surface area contributed by atoms with Gasteiger partial charge in [0.1, 0.15) is 0 Å². The van der Waals surface area contributed by atoms with E-state index in [1.54, 1.807) is 0 Å². The maximum absolute atomic E-state index is 11.4. The number of nitrogens with one attached hydrogen (secondary N) is 1. The van der Waals surface area contributed by atoms with Gasteiger partial charge in [0.15, 0.2) is 0 Å². The predicted octanol–water partition coefficient (Wildman–Crippen LogP) is 2.70. The van der Waals surface area contributed by atoms with E-state index in [2.05, 4.69) is 12.2 Å². The lowest BCUT2D eigenvalue weighted by molar-refractivity contribution is -0.121. The fraction of sp³-hybridized carbons (Fsp3) is 0.909. The van der Waals surface area contributed by atoms with Crippen molar-refractivity contribution < 1.29 is 4.79 Å². The lowest BCUT2D eigenvalue weighted by atomic mass is 10.1. The molecule has 1 rings (SSSR count). The minimum absolute atomic E-state index is 0.165. The normalized spacial score (nSPS) is 17.9. The molecule has 1 aliphatic carbocycles. The van der Waals surface area contributed by atoms with Crippen LogP contribution in [0.25, 0.3) is 0 Å². The van der Waals surface area contributed by atoms with Crippen molar-refractivity contribution in [1.29, 1.82) is 0 Å². The third-order valence-corrected chi connectivity index (χ3v) is 2.98. The second kappa shape index (κ2) is 6.28. The molecule has 1 saturated carbocycles. The Balaban J connectivity index is 2.13. The van der Waals surface area contributed by atoms with Gasteiger partial charge in [0.05, 0.1) is 0 Å². The molecule has 0 heterocycles. The maximum atomic E-state index is 11.4. The first kappa shape index (κ1) is 11.8. The second-order valence-electron chi connectivity index (χ2n) is 4.14. The van der Waals surface area contributed by atoms with Crippen LogP contribution in [0.3, 0.4) is 0 Å². The summed E-state index contributed by atoms with van der Waals surface area (Å²) in [6, 6.07) is 0.394. The molecule has 0 aromatic heterocycles. The van der Waals surface area contributed by atoms with Crippen LogP contribution in [-0.2, 0) is 4.79 Å². The van der Waals surface area contributed by atoms with Crippen molar-refractivity contribution in [3.63, 3.8) is 0 Å². The van der Waals surface area contributed by atoms with Crippen LogP contribution in [0.4, 0.5) is 0 Å². The Kier molecular flexibility index (Phi) is 5.31. The zero-order valence-corrected chi connectivity index (χ0v) is 9.65. The Morgan fingerprint density at radius 2 is 2.29 bits per heavy atom. The highest BCUT2D eigenvalue weighted by Crippen LogP contribution is 2.33. The summed E-state index contributed by atoms with van der Waals surface area (Å²) in [7, 11) is 0. The van der Waals surface area contributed by atoms with Crippen molar-refractivity contribution in [3.05, 3.63) is 0 Å². The van der Waals surface area contributed by atoms with Crippen molar-refractivity contribution in [2.45, 2.75) is 51.5 Å². The number of hydrogen-bond acceptors (Lipinski definition) is 1. The average Bonchev–Trinajstić information content (AvgIpc) is 2.97. The van der Waals surface area contributed by atoms with E-state index in [0.29, 0.717) is 18.3 Å². The van der Waals surface area contributed by atoms with E-state index in [9.17, 15) is 4.79 Å². The van der Waals surface area contributed by atoms with Gasteiger partial charge in [-0.25, -0.2) is 0 Å². The Bertz CT molecular complexity index is 180. The Morgan fingerprint density at radius 3 is 2.79 bits per heavy atom. The summed E-state index contributed by atoms with van der Waals surface area (Å²) in [5.41, 5.74) is 0. The van der Waals surface area contributed by atoms with Gasteiger partial charge in [-0.05, 0) is 25.2 Å². The molecule has 1 amide bonds. The van der Waals surface area contributed by atoms with Crippen LogP contribution >= 0.6 is 11.6 Å². The van der Waals surface area contributed by atoms with Crippen molar-refractivity contribution in [2.24, 2.45) is 5.92 Å². The van der Waals surface area contributed by atoms with Crippen LogP contribution in [0.1, 0.15) is 45.4 Å². The van der Waals surface area contributed by atoms with Gasteiger partial charge >= 0.3 is 0 Å². The van der Waals surface area contributed by atoms with E-state index >= 15 is 0 Å². The highest BCUT2D eigenvalue weighted by Gasteiger charge is 2.25. The Labute approximate surface area is 91.4 Å². The summed E-state index contributed by atoms with van der Waals surface area (Å²) in [6.45, 7) is 2.13. The summed E-state index contributed by atoms with van der Waals surface area (Å²) < 4.78 is 0. The van der Waals surface area contributed by atoms with Crippen molar-refractivity contribution in [3.8, 4) is 0 Å². The molecule has 3 heteroatoms. The Morgan fingerprint density at radius 1 is 1.57 bits per heavy atom. The summed E-state index contributed by atoms with van der Waals surface area (Å²) in [5, 5.41) is 3.08. The molecule has 0 radical (unpaired) electrons. The molecule has 82 valence electrons. The molecule has 2 nitrogen and oxygen atoms in total. The zero-order valence-electron chi connectivity index (χ0n) is 8.89. The number of rotatable bonds is 7. The van der Waals surface area contributed by atoms with Gasteiger partial charge in [-0.3, -0.25) is 4.79 Å². The minimum atomic E-state index is 0.165. The lowest BCUT2D eigenvalue weighted by Gasteiger charge is -2.16. The molecule has 1 fully saturated rings. The number of carbonyl (C=O) groups excluding carboxylic acids is 1. The fourth-order valence-electron chi connectivity index (χ4n) is 1.61. The number of carbonyl (C=O) groups is 1. The molecule has 0 spiro atoms. The zero-order chi connectivity index (χ0) is 10.4. The number of amides is 1. The van der Waals surface area contributed by atoms with Crippen LogP contribution in [0.2, 0.25) is 0 Å². The van der Waals surface area contributed by atoms with Crippen LogP contribution in [0, 0.1) is 5.92 Å². The number of alkyl halides is 1. The molecule has 0 bridgehead atoms. The molecule has 0 saturated heterocycles. The van der Waals surface area contributed by atoms with Crippen LogP contribution in [0.15, 0.2) is 0 Å². The van der Waals surface area contributed by atoms with E-state index in [0.717, 1.165) is 18.8 Å². The predicted molar refractivity (Wildman–Crippen MR) is 59.5 cm³/mol. The van der Waals surface area contributed by atoms with Gasteiger partial charge in [-0.2, -0.15) is 0 Å². The monoisotopic (exact) mass is 217 g/mol. The molecular weight excluding hydrogens is 198 g/mol. The van der Waals surface area contributed by atoms with E-state index < -0.39 is 0 Å². The van der Waals surface area contributed by atoms with E-state index in [1.807, 2.05) is 0 Å². The first-order valence-electron chi connectivity index (χ1n) is 5.61. The first-order chi connectivity index (χ1) is 6.76. The quantitative estimate of drug-likeness (QED) is 0.653. The van der Waals surface area contributed by atoms with E-state index in [4.69, 9.17) is 11.6 Å². The molecule has 0 aromatic carbocycles. The highest BCUT2D eigenvalue weighted by molar-refractivity contribution is 6.17. The molecule has 1 aliphatic rings. The standard InChI is InChI=1S/C11H20ClNO/c1-2-10(8-9-5-6-9)13-11(14)4-3-7-12/h9-10H,2-8H2,1H3,(H,13,14). The van der Waals surface area contributed by atoms with Gasteiger partial charge in [0.25, 0.3) is 0 Å². The smallest absolute Gasteiger partial charge is 0.220 e. The van der Waals surface area contributed by atoms with Crippen molar-refractivity contribution in [1.82, 2.24) is 5.32 Å². The number of hydrogen-bond donors (Lipinski definition) is 1. The SMILES string of the molecule is CCC(CC1CC1)NC(=O)CCCCl. The van der Waals surface area contributed by atoms with E-state index in [-0.39, 0.29) is 5.91 Å². The molecular formula is C11H20ClNO. The van der Waals surface area contributed by atoms with Gasteiger partial charge in [-0.1, -0.05) is 19.8 Å². The van der Waals surface area contributed by atoms with Gasteiger partial charge in [0, 0.05) is 18.3 Å². The number of halogens is 1. The van der Waals surface area contributed by atoms with Crippen LogP contribution < -0.4 is 5.32 Å². The molecule has 0 aromatic rings. The van der Waals surface area contributed by atoms with Crippen LogP contribution in [-0.4, -0.2) is 17.8 Å². The minimum Gasteiger partial charge on any atom is -0.353 e. The molecule has 1 unspecified atom stereocenters. The van der Waals surface area contributed by atoms with Crippen molar-refractivity contribution >= 4 is 17.5 Å². The van der Waals surface area contributed by atoms with E-state index in [1.165, 1.54) is 19.3 Å². The molecule has 14 heavy (non-hydrogen) atoms. The summed E-state index contributed by atoms with van der Waals surface area (Å²) in [6.07, 6.45) is 6.28. The average molecular weight is 218 g/mol. The summed E-state index contributed by atoms with van der Waals surface area (Å²) in [5.74, 6) is 1.62. The van der Waals surface area contributed by atoms with Gasteiger partial charge < -0.3 is 5.32 Å². The third-order valence-electron chi connectivity index (χ3n) is 2.71. The Hall–Kier alpha value is -0.240. The van der Waals surface area contributed by atoms with Crippen molar-refractivity contribution in [2.75, 3.05) is 5.88 Å². The molecule has 1 N–H and O–H groups in total. The second-order valence-corrected chi connectivity index (χ2v) is 4.52. The lowest BCUT2D eigenvalue weighted by Crippen LogP contribution is -2.34. The van der Waals surface area contributed by atoms with Gasteiger partial charge in [0.2, 0.25) is 5.91 Å². The maximum Gasteiger partial charge on any atom is 0.220 e. The largest absolute Gasteiger partial charge is 0.353 e. The summed E-state index contributed by atoms with van der Waals surface area (Å²) >= 11 is 5.53. The fourth-order valence-corrected chi connectivity index (χ4v) is 1.74. The summed E-state index contributed by atoms with van der Waals surface area (Å²) in [4.78, 5) is 11.4. The van der Waals surface area contributed by atoms with Crippen LogP contribution in [0.5, 0.6) is 0 Å². The molecule has 0 aliphatic heterocycles. The highest BCUT2D eigenvalue weighted by atomic mass is 35.5. The van der Waals surface area contributed by atoms with Gasteiger partial charge in [-0.15, -0.1) is 11.6 Å². The third kappa shape index (κ3) is 4.85. The topological polar surface area (TPSA) is 29.1 Å².